The molecule has 4 aromatic rings. The van der Waals surface area contributed by atoms with E-state index >= 15 is 0 Å². The van der Waals surface area contributed by atoms with E-state index < -0.39 is 0 Å². The zero-order valence-corrected chi connectivity index (χ0v) is 24.0. The Morgan fingerprint density at radius 3 is 1.28 bits per heavy atom. The first-order chi connectivity index (χ1) is 20.9. The van der Waals surface area contributed by atoms with Crippen LogP contribution in [0.3, 0.4) is 0 Å². The van der Waals surface area contributed by atoms with Crippen molar-refractivity contribution in [1.29, 1.82) is 0 Å². The molecule has 0 atom stereocenters. The standard InChI is InChI=1S/C17H19NO3.C13H9FO.C4H11NO2/c19-12-10-18(11-13-20)16-8-6-15(7-9-16)17(21)14-4-2-1-3-5-14;14-12-8-6-11(7-9-12)13(15)10-4-2-1-3-5-10;6-3-1-5-2-4-7/h1-9,19-20H,10-13H2;1-9H;5-7H,1-4H2. The number of benzene rings is 4. The molecule has 0 unspecified atom stereocenters. The quantitative estimate of drug-likeness (QED) is 0.118. The van der Waals surface area contributed by atoms with Gasteiger partial charge in [0.15, 0.2) is 11.6 Å². The summed E-state index contributed by atoms with van der Waals surface area (Å²) in [5.74, 6) is -0.437. The third kappa shape index (κ3) is 12.7. The van der Waals surface area contributed by atoms with Gasteiger partial charge in [0.05, 0.1) is 26.4 Å². The molecular formula is C34H39FN2O6. The third-order valence-corrected chi connectivity index (χ3v) is 5.99. The SMILES string of the molecule is O=C(c1ccccc1)c1ccc(F)cc1.O=C(c1ccccc1)c1ccc(N(CCO)CCO)cc1.OCCNCCO. The van der Waals surface area contributed by atoms with E-state index in [2.05, 4.69) is 5.32 Å². The molecule has 0 bridgehead atoms. The fourth-order valence-corrected chi connectivity index (χ4v) is 3.83. The van der Waals surface area contributed by atoms with E-state index in [0.29, 0.717) is 48.4 Å². The number of carbonyl (C=O) groups excluding carboxylic acids is 2. The van der Waals surface area contributed by atoms with Crippen molar-refractivity contribution in [2.24, 2.45) is 0 Å². The number of anilines is 1. The van der Waals surface area contributed by atoms with Crippen molar-refractivity contribution in [3.8, 4) is 0 Å². The summed E-state index contributed by atoms with van der Waals surface area (Å²) in [5, 5.41) is 37.2. The molecule has 9 heteroatoms. The Morgan fingerprint density at radius 2 is 0.907 bits per heavy atom. The van der Waals surface area contributed by atoms with Gasteiger partial charge in [-0.2, -0.15) is 0 Å². The fourth-order valence-electron chi connectivity index (χ4n) is 3.83. The minimum Gasteiger partial charge on any atom is -0.395 e. The summed E-state index contributed by atoms with van der Waals surface area (Å²) in [5.41, 5.74) is 3.28. The van der Waals surface area contributed by atoms with Crippen LogP contribution in [0.4, 0.5) is 10.1 Å². The molecule has 0 saturated carbocycles. The van der Waals surface area contributed by atoms with Crippen LogP contribution >= 0.6 is 0 Å². The molecule has 43 heavy (non-hydrogen) atoms. The summed E-state index contributed by atoms with van der Waals surface area (Å²) in [6, 6.07) is 30.8. The van der Waals surface area contributed by atoms with Crippen LogP contribution < -0.4 is 10.2 Å². The van der Waals surface area contributed by atoms with E-state index in [-0.39, 0.29) is 43.8 Å². The molecule has 0 aromatic heterocycles. The topological polar surface area (TPSA) is 130 Å². The van der Waals surface area contributed by atoms with Gasteiger partial charge in [-0.3, -0.25) is 9.59 Å². The molecule has 0 aliphatic carbocycles. The summed E-state index contributed by atoms with van der Waals surface area (Å²) in [6.45, 7) is 2.36. The van der Waals surface area contributed by atoms with Crippen LogP contribution in [0, 0.1) is 5.82 Å². The largest absolute Gasteiger partial charge is 0.395 e. The number of aliphatic hydroxyl groups excluding tert-OH is 4. The average molecular weight is 591 g/mol. The van der Waals surface area contributed by atoms with Crippen LogP contribution in [0.25, 0.3) is 0 Å². The number of nitrogens with one attached hydrogen (secondary N) is 1. The molecule has 228 valence electrons. The van der Waals surface area contributed by atoms with Crippen molar-refractivity contribution in [3.05, 3.63) is 137 Å². The molecule has 4 rings (SSSR count). The van der Waals surface area contributed by atoms with Gasteiger partial charge in [0, 0.05) is 54.1 Å². The van der Waals surface area contributed by atoms with Gasteiger partial charge in [0.1, 0.15) is 5.82 Å². The van der Waals surface area contributed by atoms with E-state index in [1.807, 2.05) is 41.3 Å². The second-order valence-corrected chi connectivity index (χ2v) is 9.08. The van der Waals surface area contributed by atoms with Gasteiger partial charge in [-0.05, 0) is 48.5 Å². The molecule has 8 nitrogen and oxygen atoms in total. The molecule has 0 fully saturated rings. The minimum absolute atomic E-state index is 0.0157. The van der Waals surface area contributed by atoms with Crippen molar-refractivity contribution >= 4 is 17.3 Å². The summed E-state index contributed by atoms with van der Waals surface area (Å²) in [7, 11) is 0. The Morgan fingerprint density at radius 1 is 0.535 bits per heavy atom. The van der Waals surface area contributed by atoms with Crippen molar-refractivity contribution in [3.63, 3.8) is 0 Å². The Labute approximate surface area is 251 Å². The third-order valence-electron chi connectivity index (χ3n) is 5.99. The first kappa shape index (κ1) is 34.9. The summed E-state index contributed by atoms with van der Waals surface area (Å²) in [6.07, 6.45) is 0. The molecular weight excluding hydrogens is 551 g/mol. The number of hydrogen-bond donors (Lipinski definition) is 5. The normalized spacial score (nSPS) is 10.1. The minimum atomic E-state index is -0.334. The molecule has 0 saturated heterocycles. The second kappa shape index (κ2) is 20.6. The van der Waals surface area contributed by atoms with Gasteiger partial charge in [0.25, 0.3) is 0 Å². The molecule has 0 aliphatic rings. The van der Waals surface area contributed by atoms with Crippen molar-refractivity contribution in [2.75, 3.05) is 57.5 Å². The fraction of sp³-hybridized carbons (Fsp3) is 0.235. The maximum Gasteiger partial charge on any atom is 0.193 e. The molecule has 0 radical (unpaired) electrons. The highest BCUT2D eigenvalue weighted by molar-refractivity contribution is 6.09. The number of carbonyl (C=O) groups is 2. The van der Waals surface area contributed by atoms with Gasteiger partial charge in [-0.25, -0.2) is 4.39 Å². The Balaban J connectivity index is 0.000000255. The van der Waals surface area contributed by atoms with Gasteiger partial charge in [0.2, 0.25) is 0 Å². The van der Waals surface area contributed by atoms with Crippen molar-refractivity contribution in [1.82, 2.24) is 5.32 Å². The van der Waals surface area contributed by atoms with Crippen LogP contribution in [0.1, 0.15) is 31.8 Å². The summed E-state index contributed by atoms with van der Waals surface area (Å²) < 4.78 is 12.6. The van der Waals surface area contributed by atoms with Crippen molar-refractivity contribution < 1.29 is 34.4 Å². The Kier molecular flexibility index (Phi) is 16.7. The van der Waals surface area contributed by atoms with Crippen LogP contribution in [-0.4, -0.2) is 84.6 Å². The zero-order chi connectivity index (χ0) is 31.3. The lowest BCUT2D eigenvalue weighted by Gasteiger charge is -2.23. The van der Waals surface area contributed by atoms with E-state index in [1.54, 1.807) is 48.5 Å². The van der Waals surface area contributed by atoms with Crippen LogP contribution in [0.2, 0.25) is 0 Å². The van der Waals surface area contributed by atoms with E-state index in [1.165, 1.54) is 24.3 Å². The highest BCUT2D eigenvalue weighted by Crippen LogP contribution is 2.17. The maximum atomic E-state index is 12.6. The van der Waals surface area contributed by atoms with Crippen molar-refractivity contribution in [2.45, 2.75) is 0 Å². The first-order valence-electron chi connectivity index (χ1n) is 13.9. The number of rotatable bonds is 13. The number of aliphatic hydroxyl groups is 4. The van der Waals surface area contributed by atoms with Gasteiger partial charge < -0.3 is 30.6 Å². The molecule has 0 aliphatic heterocycles. The Hall–Kier alpha value is -4.25. The lowest BCUT2D eigenvalue weighted by molar-refractivity contribution is 0.103. The zero-order valence-electron chi connectivity index (χ0n) is 24.0. The number of nitrogens with zero attached hydrogens (tertiary/aromatic N) is 1. The number of halogens is 1. The summed E-state index contributed by atoms with van der Waals surface area (Å²) >= 11 is 0. The molecule has 0 spiro atoms. The number of hydrogen-bond acceptors (Lipinski definition) is 8. The average Bonchev–Trinajstić information content (AvgIpc) is 3.06. The predicted molar refractivity (Wildman–Crippen MR) is 166 cm³/mol. The van der Waals surface area contributed by atoms with Gasteiger partial charge >= 0.3 is 0 Å². The number of ketones is 2. The molecule has 5 N–H and O–H groups in total. The van der Waals surface area contributed by atoms with Crippen LogP contribution in [0.5, 0.6) is 0 Å². The highest BCUT2D eigenvalue weighted by Gasteiger charge is 2.10. The predicted octanol–water partition coefficient (Wildman–Crippen LogP) is 3.33. The maximum absolute atomic E-state index is 12.6. The molecule has 0 heterocycles. The van der Waals surface area contributed by atoms with Gasteiger partial charge in [-0.1, -0.05) is 60.7 Å². The smallest absolute Gasteiger partial charge is 0.193 e. The molecule has 4 aromatic carbocycles. The highest BCUT2D eigenvalue weighted by atomic mass is 19.1. The molecule has 0 amide bonds. The lowest BCUT2D eigenvalue weighted by Crippen LogP contribution is -2.29. The first-order valence-corrected chi connectivity index (χ1v) is 13.9. The Bertz CT molecular complexity index is 1310. The van der Waals surface area contributed by atoms with E-state index in [4.69, 9.17) is 20.4 Å². The van der Waals surface area contributed by atoms with E-state index in [0.717, 1.165) is 5.69 Å². The van der Waals surface area contributed by atoms with Crippen LogP contribution in [-0.2, 0) is 0 Å². The lowest BCUT2D eigenvalue weighted by atomic mass is 10.0. The van der Waals surface area contributed by atoms with Crippen LogP contribution in [0.15, 0.2) is 109 Å². The van der Waals surface area contributed by atoms with E-state index in [9.17, 15) is 14.0 Å². The monoisotopic (exact) mass is 590 g/mol. The van der Waals surface area contributed by atoms with Gasteiger partial charge in [-0.15, -0.1) is 0 Å². The second-order valence-electron chi connectivity index (χ2n) is 9.08. The summed E-state index contributed by atoms with van der Waals surface area (Å²) in [4.78, 5) is 26.0.